The second-order valence-electron chi connectivity index (χ2n) is 6.27. The van der Waals surface area contributed by atoms with E-state index in [9.17, 15) is 9.59 Å². The molecule has 28 heavy (non-hydrogen) atoms. The zero-order valence-corrected chi connectivity index (χ0v) is 16.3. The summed E-state index contributed by atoms with van der Waals surface area (Å²) in [7, 11) is 0. The van der Waals surface area contributed by atoms with Crippen molar-refractivity contribution in [3.8, 4) is 11.4 Å². The van der Waals surface area contributed by atoms with Crippen LogP contribution >= 0.6 is 11.6 Å². The number of nitrogens with zero attached hydrogens (tertiary/aromatic N) is 1. The molecule has 2 aromatic carbocycles. The van der Waals surface area contributed by atoms with E-state index >= 15 is 0 Å². The molecule has 0 aliphatic rings. The molecule has 0 radical (unpaired) electrons. The molecule has 6 nitrogen and oxygen atoms in total. The molecule has 0 aliphatic heterocycles. The fourth-order valence-electron chi connectivity index (χ4n) is 2.65. The van der Waals surface area contributed by atoms with E-state index in [1.165, 1.54) is 0 Å². The lowest BCUT2D eigenvalue weighted by molar-refractivity contribution is -0.124. The normalized spacial score (nSPS) is 11.7. The Labute approximate surface area is 167 Å². The van der Waals surface area contributed by atoms with Gasteiger partial charge < -0.3 is 15.0 Å². The van der Waals surface area contributed by atoms with Crippen molar-refractivity contribution in [1.82, 2.24) is 9.97 Å². The van der Waals surface area contributed by atoms with Gasteiger partial charge in [-0.25, -0.2) is 9.78 Å². The lowest BCUT2D eigenvalue weighted by atomic mass is 10.1. The highest BCUT2D eigenvalue weighted by atomic mass is 35.5. The third kappa shape index (κ3) is 4.58. The summed E-state index contributed by atoms with van der Waals surface area (Å²) in [4.78, 5) is 32.1. The van der Waals surface area contributed by atoms with Crippen molar-refractivity contribution < 1.29 is 14.3 Å². The van der Waals surface area contributed by atoms with Crippen LogP contribution in [-0.2, 0) is 9.53 Å². The number of carbonyl (C=O) groups excluding carboxylic acids is 2. The van der Waals surface area contributed by atoms with Crippen LogP contribution in [0.1, 0.15) is 29.3 Å². The Bertz CT molecular complexity index is 969. The van der Waals surface area contributed by atoms with E-state index in [1.54, 1.807) is 55.7 Å². The van der Waals surface area contributed by atoms with Crippen LogP contribution in [0.5, 0.6) is 0 Å². The molecule has 0 spiro atoms. The fourth-order valence-corrected chi connectivity index (χ4v) is 2.82. The third-order valence-electron chi connectivity index (χ3n) is 4.26. The minimum Gasteiger partial charge on any atom is -0.449 e. The number of amides is 1. The number of aromatic nitrogens is 2. The Kier molecular flexibility index (Phi) is 6.11. The van der Waals surface area contributed by atoms with Gasteiger partial charge in [-0.15, -0.1) is 0 Å². The molecule has 0 aliphatic carbocycles. The Morgan fingerprint density at radius 1 is 1.21 bits per heavy atom. The molecule has 0 bridgehead atoms. The molecule has 1 unspecified atom stereocenters. The van der Waals surface area contributed by atoms with E-state index in [4.69, 9.17) is 16.3 Å². The molecular formula is C21H20ClN3O3. The van der Waals surface area contributed by atoms with Crippen molar-refractivity contribution in [2.45, 2.75) is 26.4 Å². The minimum atomic E-state index is -0.907. The molecule has 144 valence electrons. The maximum atomic E-state index is 12.5. The maximum Gasteiger partial charge on any atom is 0.338 e. The van der Waals surface area contributed by atoms with Crippen molar-refractivity contribution >= 4 is 29.2 Å². The van der Waals surface area contributed by atoms with Crippen molar-refractivity contribution in [3.05, 3.63) is 71.0 Å². The Hall–Kier alpha value is -3.12. The summed E-state index contributed by atoms with van der Waals surface area (Å²) in [5.41, 5.74) is 2.67. The number of carbonyl (C=O) groups is 2. The van der Waals surface area contributed by atoms with Crippen LogP contribution in [0.15, 0.2) is 54.9 Å². The van der Waals surface area contributed by atoms with E-state index in [-0.39, 0.29) is 0 Å². The second kappa shape index (κ2) is 8.71. The highest BCUT2D eigenvalue weighted by molar-refractivity contribution is 6.31. The number of anilines is 1. The molecule has 0 fully saturated rings. The van der Waals surface area contributed by atoms with Crippen molar-refractivity contribution in [2.24, 2.45) is 0 Å². The molecule has 1 heterocycles. The first-order valence-electron chi connectivity index (χ1n) is 8.85. The standard InChI is InChI=1S/C21H20ClN3O3/c1-3-18(20(26)25-17-12-16(22)9-4-13(17)2)28-21(27)15-7-5-14(6-8-15)19-23-10-11-24-19/h4-12,18H,3H2,1-2H3,(H,23,24)(H,25,26). The highest BCUT2D eigenvalue weighted by Gasteiger charge is 2.22. The molecule has 1 atom stereocenters. The van der Waals surface area contributed by atoms with E-state index in [2.05, 4.69) is 15.3 Å². The predicted octanol–water partition coefficient (Wildman–Crippen LogP) is 4.61. The number of H-pyrrole nitrogens is 1. The third-order valence-corrected chi connectivity index (χ3v) is 4.50. The Morgan fingerprint density at radius 3 is 2.61 bits per heavy atom. The maximum absolute atomic E-state index is 12.5. The number of hydrogen-bond donors (Lipinski definition) is 2. The molecule has 3 rings (SSSR count). The lowest BCUT2D eigenvalue weighted by Crippen LogP contribution is -2.32. The Morgan fingerprint density at radius 2 is 1.96 bits per heavy atom. The number of aryl methyl sites for hydroxylation is 1. The largest absolute Gasteiger partial charge is 0.449 e. The van der Waals surface area contributed by atoms with Crippen LogP contribution in [0.3, 0.4) is 0 Å². The van der Waals surface area contributed by atoms with Gasteiger partial charge in [0.1, 0.15) is 5.82 Å². The van der Waals surface area contributed by atoms with Gasteiger partial charge in [-0.1, -0.05) is 36.7 Å². The summed E-state index contributed by atoms with van der Waals surface area (Å²) < 4.78 is 5.41. The van der Waals surface area contributed by atoms with E-state index < -0.39 is 18.0 Å². The van der Waals surface area contributed by atoms with Crippen molar-refractivity contribution in [1.29, 1.82) is 0 Å². The topological polar surface area (TPSA) is 84.1 Å². The number of rotatable bonds is 6. The average Bonchev–Trinajstić information content (AvgIpc) is 3.23. The summed E-state index contributed by atoms with van der Waals surface area (Å²) >= 11 is 5.98. The number of esters is 1. The van der Waals surface area contributed by atoms with Crippen molar-refractivity contribution in [3.63, 3.8) is 0 Å². The van der Waals surface area contributed by atoms with Crippen LogP contribution in [0.2, 0.25) is 5.02 Å². The number of aromatic amines is 1. The lowest BCUT2D eigenvalue weighted by Gasteiger charge is -2.17. The molecular weight excluding hydrogens is 378 g/mol. The van der Waals surface area contributed by atoms with Crippen LogP contribution in [0, 0.1) is 6.92 Å². The first-order chi connectivity index (χ1) is 13.5. The summed E-state index contributed by atoms with van der Waals surface area (Å²) in [6.07, 6.45) is 2.82. The average molecular weight is 398 g/mol. The zero-order chi connectivity index (χ0) is 20.1. The summed E-state index contributed by atoms with van der Waals surface area (Å²) in [6.45, 7) is 3.64. The van der Waals surface area contributed by atoms with Crippen molar-refractivity contribution in [2.75, 3.05) is 5.32 Å². The second-order valence-corrected chi connectivity index (χ2v) is 6.70. The van der Waals surface area contributed by atoms with Crippen LogP contribution < -0.4 is 5.32 Å². The zero-order valence-electron chi connectivity index (χ0n) is 15.5. The molecule has 1 aromatic heterocycles. The van der Waals surface area contributed by atoms with Gasteiger partial charge in [0.15, 0.2) is 6.10 Å². The van der Waals surface area contributed by atoms with E-state index in [0.29, 0.717) is 28.5 Å². The SMILES string of the molecule is CCC(OC(=O)c1ccc(-c2ncc[nH]2)cc1)C(=O)Nc1cc(Cl)ccc1C. The molecule has 0 saturated heterocycles. The number of imidazole rings is 1. The number of nitrogens with one attached hydrogen (secondary N) is 2. The summed E-state index contributed by atoms with van der Waals surface area (Å²) in [5.74, 6) is -0.244. The van der Waals surface area contributed by atoms with E-state index in [0.717, 1.165) is 11.1 Å². The number of halogens is 1. The van der Waals surface area contributed by atoms with Gasteiger partial charge >= 0.3 is 5.97 Å². The number of ether oxygens (including phenoxy) is 1. The van der Waals surface area contributed by atoms with Gasteiger partial charge in [0.25, 0.3) is 5.91 Å². The predicted molar refractivity (Wildman–Crippen MR) is 108 cm³/mol. The van der Waals surface area contributed by atoms with E-state index in [1.807, 2.05) is 13.0 Å². The first kappa shape index (κ1) is 19.6. The summed E-state index contributed by atoms with van der Waals surface area (Å²) in [6, 6.07) is 12.0. The van der Waals surface area contributed by atoms with Gasteiger partial charge in [0.05, 0.1) is 5.56 Å². The highest BCUT2D eigenvalue weighted by Crippen LogP contribution is 2.21. The van der Waals surface area contributed by atoms with Crippen LogP contribution in [-0.4, -0.2) is 27.9 Å². The molecule has 2 N–H and O–H groups in total. The van der Waals surface area contributed by atoms with Crippen LogP contribution in [0.4, 0.5) is 5.69 Å². The fraction of sp³-hybridized carbons (Fsp3) is 0.190. The molecule has 3 aromatic rings. The van der Waals surface area contributed by atoms with Gasteiger partial charge in [-0.05, 0) is 43.2 Å². The molecule has 0 saturated carbocycles. The van der Waals surface area contributed by atoms with Gasteiger partial charge in [-0.3, -0.25) is 4.79 Å². The minimum absolute atomic E-state index is 0.349. The van der Waals surface area contributed by atoms with Gasteiger partial charge in [-0.2, -0.15) is 0 Å². The van der Waals surface area contributed by atoms with Crippen LogP contribution in [0.25, 0.3) is 11.4 Å². The monoisotopic (exact) mass is 397 g/mol. The first-order valence-corrected chi connectivity index (χ1v) is 9.23. The number of benzene rings is 2. The smallest absolute Gasteiger partial charge is 0.338 e. The molecule has 7 heteroatoms. The Balaban J connectivity index is 1.67. The summed E-state index contributed by atoms with van der Waals surface area (Å²) in [5, 5.41) is 3.29. The quantitative estimate of drug-likeness (QED) is 0.595. The van der Waals surface area contributed by atoms with Gasteiger partial charge in [0.2, 0.25) is 0 Å². The van der Waals surface area contributed by atoms with Gasteiger partial charge in [0, 0.05) is 28.7 Å². The number of hydrogen-bond acceptors (Lipinski definition) is 4. The molecule has 1 amide bonds.